The lowest BCUT2D eigenvalue weighted by Crippen LogP contribution is -2.18. The van der Waals surface area contributed by atoms with E-state index in [4.69, 9.17) is 16.9 Å². The Labute approximate surface area is 146 Å². The number of benzene rings is 1. The van der Waals surface area contributed by atoms with Crippen molar-refractivity contribution >= 4 is 28.4 Å². The summed E-state index contributed by atoms with van der Waals surface area (Å²) >= 11 is 5.85. The number of hydrogen-bond acceptors (Lipinski definition) is 3. The first kappa shape index (κ1) is 16.9. The molecule has 0 aliphatic carbocycles. The summed E-state index contributed by atoms with van der Waals surface area (Å²) in [5.74, 6) is -0.366. The molecule has 128 valence electrons. The van der Waals surface area contributed by atoms with Crippen LogP contribution in [0.1, 0.15) is 15.9 Å². The van der Waals surface area contributed by atoms with Gasteiger partial charge in [0.1, 0.15) is 6.54 Å². The summed E-state index contributed by atoms with van der Waals surface area (Å²) in [5.41, 5.74) is 1.93. The first-order valence-corrected chi connectivity index (χ1v) is 7.61. The van der Waals surface area contributed by atoms with Crippen LogP contribution in [0.4, 0.5) is 8.78 Å². The highest BCUT2D eigenvalue weighted by Crippen LogP contribution is 2.29. The van der Waals surface area contributed by atoms with Crippen LogP contribution in [-0.4, -0.2) is 34.1 Å². The van der Waals surface area contributed by atoms with Gasteiger partial charge in [0.25, 0.3) is 12.3 Å². The molecule has 3 aromatic rings. The van der Waals surface area contributed by atoms with E-state index in [-0.39, 0.29) is 16.6 Å². The van der Waals surface area contributed by atoms with E-state index in [0.717, 1.165) is 4.68 Å². The second-order valence-corrected chi connectivity index (χ2v) is 5.67. The zero-order valence-corrected chi connectivity index (χ0v) is 13.7. The number of carbonyl (C=O) groups excluding carboxylic acids is 1. The fourth-order valence-corrected chi connectivity index (χ4v) is 2.83. The Morgan fingerprint density at radius 2 is 2.20 bits per heavy atom. The summed E-state index contributed by atoms with van der Waals surface area (Å²) in [7, 11) is 1.48. The van der Waals surface area contributed by atoms with Gasteiger partial charge in [-0.25, -0.2) is 8.78 Å². The summed E-state index contributed by atoms with van der Waals surface area (Å²) in [6.07, 6.45) is -2.59. The van der Waals surface area contributed by atoms with Crippen LogP contribution in [0.15, 0.2) is 24.3 Å². The number of alkyl halides is 2. The van der Waals surface area contributed by atoms with Gasteiger partial charge in [-0.1, -0.05) is 11.6 Å². The van der Waals surface area contributed by atoms with Gasteiger partial charge >= 0.3 is 0 Å². The molecule has 0 atom stereocenters. The second-order valence-electron chi connectivity index (χ2n) is 5.29. The molecule has 2 heterocycles. The fraction of sp³-hybridized carbons (Fsp3) is 0.188. The Morgan fingerprint density at radius 3 is 2.84 bits per heavy atom. The highest BCUT2D eigenvalue weighted by molar-refractivity contribution is 6.29. The van der Waals surface area contributed by atoms with Crippen molar-refractivity contribution in [1.82, 2.24) is 20.1 Å². The van der Waals surface area contributed by atoms with E-state index in [1.54, 1.807) is 12.1 Å². The molecule has 0 aliphatic heterocycles. The molecular formula is C16H12ClF2N5O. The van der Waals surface area contributed by atoms with Crippen molar-refractivity contribution in [3.8, 4) is 17.5 Å². The maximum atomic E-state index is 12.7. The molecule has 0 unspecified atom stereocenters. The Hall–Kier alpha value is -2.92. The molecule has 0 radical (unpaired) electrons. The van der Waals surface area contributed by atoms with Crippen LogP contribution in [0, 0.1) is 11.3 Å². The standard InChI is InChI=1S/C16H12ClF2N5O/c1-21-16(25)10-3-8(6-20)2-9-4-11(22-15(9)10)12-5-13(17)23-24(12)7-14(18)19/h2-5,14,22H,7H2,1H3,(H,21,25). The largest absolute Gasteiger partial charge is 0.355 e. The third-order valence-corrected chi connectivity index (χ3v) is 3.85. The summed E-state index contributed by atoms with van der Waals surface area (Å²) in [5, 5.41) is 16.2. The summed E-state index contributed by atoms with van der Waals surface area (Å²) in [6, 6.07) is 8.19. The van der Waals surface area contributed by atoms with Crippen molar-refractivity contribution in [2.75, 3.05) is 7.05 Å². The Balaban J connectivity index is 2.20. The van der Waals surface area contributed by atoms with Gasteiger partial charge in [0, 0.05) is 18.5 Å². The molecule has 1 amide bonds. The molecule has 2 aromatic heterocycles. The van der Waals surface area contributed by atoms with Crippen LogP contribution >= 0.6 is 11.6 Å². The molecule has 3 rings (SSSR count). The number of nitrogens with zero attached hydrogens (tertiary/aromatic N) is 3. The highest BCUT2D eigenvalue weighted by atomic mass is 35.5. The van der Waals surface area contributed by atoms with E-state index in [0.29, 0.717) is 27.9 Å². The number of aromatic amines is 1. The average Bonchev–Trinajstić information content (AvgIpc) is 3.15. The number of carbonyl (C=O) groups is 1. The van der Waals surface area contributed by atoms with E-state index >= 15 is 0 Å². The van der Waals surface area contributed by atoms with E-state index in [1.807, 2.05) is 6.07 Å². The Kier molecular flexibility index (Phi) is 4.42. The number of rotatable bonds is 4. The molecule has 0 spiro atoms. The van der Waals surface area contributed by atoms with E-state index in [1.165, 1.54) is 19.2 Å². The second kappa shape index (κ2) is 6.53. The van der Waals surface area contributed by atoms with Crippen molar-refractivity contribution in [1.29, 1.82) is 5.26 Å². The monoisotopic (exact) mass is 363 g/mol. The molecule has 0 saturated carbocycles. The number of nitrogens with one attached hydrogen (secondary N) is 2. The number of nitriles is 1. The predicted molar refractivity (Wildman–Crippen MR) is 88.6 cm³/mol. The average molecular weight is 364 g/mol. The third kappa shape index (κ3) is 3.19. The van der Waals surface area contributed by atoms with Gasteiger partial charge in [0.05, 0.1) is 34.1 Å². The first-order chi connectivity index (χ1) is 11.9. The maximum Gasteiger partial charge on any atom is 0.257 e. The topological polar surface area (TPSA) is 86.5 Å². The summed E-state index contributed by atoms with van der Waals surface area (Å²) < 4.78 is 26.6. The van der Waals surface area contributed by atoms with Crippen molar-refractivity contribution in [3.05, 3.63) is 40.5 Å². The van der Waals surface area contributed by atoms with Gasteiger partial charge in [-0.2, -0.15) is 10.4 Å². The minimum Gasteiger partial charge on any atom is -0.355 e. The van der Waals surface area contributed by atoms with Crippen LogP contribution in [0.25, 0.3) is 22.3 Å². The third-order valence-electron chi connectivity index (χ3n) is 3.67. The van der Waals surface area contributed by atoms with Gasteiger partial charge in [-0.3, -0.25) is 9.48 Å². The number of hydrogen-bond donors (Lipinski definition) is 2. The molecule has 25 heavy (non-hydrogen) atoms. The molecular weight excluding hydrogens is 352 g/mol. The zero-order valence-electron chi connectivity index (χ0n) is 13.0. The van der Waals surface area contributed by atoms with Gasteiger partial charge in [-0.15, -0.1) is 0 Å². The number of amides is 1. The molecule has 1 aromatic carbocycles. The van der Waals surface area contributed by atoms with Crippen LogP contribution < -0.4 is 5.32 Å². The quantitative estimate of drug-likeness (QED) is 0.746. The molecule has 0 fully saturated rings. The predicted octanol–water partition coefficient (Wildman–Crippen LogP) is 3.18. The number of halogens is 3. The first-order valence-electron chi connectivity index (χ1n) is 7.23. The molecule has 0 aliphatic rings. The Bertz CT molecular complexity index is 1000. The van der Waals surface area contributed by atoms with Gasteiger partial charge in [0.15, 0.2) is 5.15 Å². The van der Waals surface area contributed by atoms with Crippen LogP contribution in [0.5, 0.6) is 0 Å². The Morgan fingerprint density at radius 1 is 1.44 bits per heavy atom. The molecule has 2 N–H and O–H groups in total. The van der Waals surface area contributed by atoms with E-state index < -0.39 is 13.0 Å². The number of aromatic nitrogens is 3. The van der Waals surface area contributed by atoms with Crippen molar-refractivity contribution < 1.29 is 13.6 Å². The van der Waals surface area contributed by atoms with Gasteiger partial charge in [-0.05, 0) is 18.2 Å². The van der Waals surface area contributed by atoms with Crippen LogP contribution in [0.3, 0.4) is 0 Å². The summed E-state index contributed by atoms with van der Waals surface area (Å²) in [4.78, 5) is 15.1. The molecule has 6 nitrogen and oxygen atoms in total. The minimum atomic E-state index is -2.59. The van der Waals surface area contributed by atoms with Crippen LogP contribution in [0.2, 0.25) is 5.15 Å². The lowest BCUT2D eigenvalue weighted by atomic mass is 10.1. The smallest absolute Gasteiger partial charge is 0.257 e. The maximum absolute atomic E-state index is 12.7. The van der Waals surface area contributed by atoms with E-state index in [2.05, 4.69) is 15.4 Å². The van der Waals surface area contributed by atoms with Crippen LogP contribution in [-0.2, 0) is 6.54 Å². The molecule has 0 bridgehead atoms. The van der Waals surface area contributed by atoms with Crippen molar-refractivity contribution in [2.45, 2.75) is 13.0 Å². The van der Waals surface area contributed by atoms with Gasteiger partial charge in [0.2, 0.25) is 0 Å². The normalized spacial score (nSPS) is 11.0. The highest BCUT2D eigenvalue weighted by Gasteiger charge is 2.18. The molecule has 9 heteroatoms. The lowest BCUT2D eigenvalue weighted by molar-refractivity contribution is 0.0964. The number of H-pyrrole nitrogens is 1. The van der Waals surface area contributed by atoms with Crippen molar-refractivity contribution in [2.24, 2.45) is 0 Å². The SMILES string of the molecule is CNC(=O)c1cc(C#N)cc2cc(-c3cc(Cl)nn3CC(F)F)[nH]c12. The number of fused-ring (bicyclic) bond motifs is 1. The fourth-order valence-electron chi connectivity index (χ4n) is 2.63. The molecule has 0 saturated heterocycles. The van der Waals surface area contributed by atoms with E-state index in [9.17, 15) is 13.6 Å². The van der Waals surface area contributed by atoms with Crippen molar-refractivity contribution in [3.63, 3.8) is 0 Å². The zero-order chi connectivity index (χ0) is 18.1. The van der Waals surface area contributed by atoms with Gasteiger partial charge < -0.3 is 10.3 Å². The minimum absolute atomic E-state index is 0.0820. The lowest BCUT2D eigenvalue weighted by Gasteiger charge is -2.05. The summed E-state index contributed by atoms with van der Waals surface area (Å²) in [6.45, 7) is -0.608.